The number of para-hydroxylation sites is 1. The lowest BCUT2D eigenvalue weighted by molar-refractivity contribution is 0.608. The third-order valence-electron chi connectivity index (χ3n) is 1.74. The molecule has 0 saturated heterocycles. The third-order valence-corrected chi connectivity index (χ3v) is 2.64. The summed E-state index contributed by atoms with van der Waals surface area (Å²) in [5, 5.41) is 9.52. The molecule has 0 fully saturated rings. The predicted octanol–water partition coefficient (Wildman–Crippen LogP) is 3.05. The van der Waals surface area contributed by atoms with Gasteiger partial charge in [-0.15, -0.1) is 11.8 Å². The molecule has 0 spiro atoms. The summed E-state index contributed by atoms with van der Waals surface area (Å²) in [6.45, 7) is 0. The van der Waals surface area contributed by atoms with Crippen LogP contribution in [-0.4, -0.2) is 5.75 Å². The number of furan rings is 1. The molecule has 0 aliphatic heterocycles. The average molecular weight is 189 g/mol. The maximum absolute atomic E-state index is 8.44. The molecule has 0 radical (unpaired) electrons. The molecular weight excluding hydrogens is 182 g/mol. The molecule has 3 heteroatoms. The Hall–Kier alpha value is -1.40. The van der Waals surface area contributed by atoms with Crippen molar-refractivity contribution in [1.29, 1.82) is 5.26 Å². The second kappa shape index (κ2) is 3.55. The largest absolute Gasteiger partial charge is 0.463 e. The Morgan fingerprint density at radius 3 is 3.08 bits per heavy atom. The van der Waals surface area contributed by atoms with E-state index in [0.29, 0.717) is 5.75 Å². The van der Waals surface area contributed by atoms with Crippen molar-refractivity contribution in [1.82, 2.24) is 0 Å². The summed E-state index contributed by atoms with van der Waals surface area (Å²) in [7, 11) is 0. The second-order valence-corrected chi connectivity index (χ2v) is 3.56. The minimum Gasteiger partial charge on any atom is -0.463 e. The van der Waals surface area contributed by atoms with Crippen molar-refractivity contribution >= 4 is 22.7 Å². The number of nitriles is 1. The van der Waals surface area contributed by atoms with E-state index in [-0.39, 0.29) is 0 Å². The number of fused-ring (bicyclic) bond motifs is 1. The molecule has 0 aliphatic carbocycles. The molecule has 1 aromatic carbocycles. The Morgan fingerprint density at radius 2 is 2.23 bits per heavy atom. The monoisotopic (exact) mass is 189 g/mol. The van der Waals surface area contributed by atoms with Crippen LogP contribution in [0.4, 0.5) is 0 Å². The Balaban J connectivity index is 2.41. The molecule has 1 heterocycles. The number of hydrogen-bond donors (Lipinski definition) is 0. The van der Waals surface area contributed by atoms with E-state index in [1.165, 1.54) is 11.8 Å². The number of thioether (sulfide) groups is 1. The highest BCUT2D eigenvalue weighted by molar-refractivity contribution is 7.99. The van der Waals surface area contributed by atoms with Gasteiger partial charge in [-0.25, -0.2) is 0 Å². The van der Waals surface area contributed by atoms with Crippen LogP contribution in [0.25, 0.3) is 11.0 Å². The number of hydrogen-bond acceptors (Lipinski definition) is 3. The van der Waals surface area contributed by atoms with E-state index >= 15 is 0 Å². The summed E-state index contributed by atoms with van der Waals surface area (Å²) < 4.78 is 5.32. The van der Waals surface area contributed by atoms with E-state index in [0.717, 1.165) is 15.9 Å². The molecule has 1 aromatic heterocycles. The molecule has 64 valence electrons. The zero-order chi connectivity index (χ0) is 9.10. The van der Waals surface area contributed by atoms with Crippen LogP contribution in [0.5, 0.6) is 0 Å². The maximum atomic E-state index is 8.44. The zero-order valence-electron chi connectivity index (χ0n) is 6.86. The molecular formula is C10H7NOS. The van der Waals surface area contributed by atoms with Crippen LogP contribution in [0, 0.1) is 11.3 Å². The quantitative estimate of drug-likeness (QED) is 0.681. The smallest absolute Gasteiger partial charge is 0.135 e. The first-order valence-electron chi connectivity index (χ1n) is 3.88. The molecule has 2 aromatic rings. The molecule has 13 heavy (non-hydrogen) atoms. The number of nitrogens with zero attached hydrogens (tertiary/aromatic N) is 1. The van der Waals surface area contributed by atoms with Crippen LogP contribution in [0.2, 0.25) is 0 Å². The number of rotatable bonds is 2. The topological polar surface area (TPSA) is 36.9 Å². The van der Waals surface area contributed by atoms with Crippen molar-refractivity contribution in [2.24, 2.45) is 0 Å². The normalized spacial score (nSPS) is 10.1. The van der Waals surface area contributed by atoms with Crippen LogP contribution in [0.1, 0.15) is 0 Å². The first-order valence-corrected chi connectivity index (χ1v) is 4.86. The lowest BCUT2D eigenvalue weighted by atomic mass is 10.3. The molecule has 0 atom stereocenters. The van der Waals surface area contributed by atoms with Gasteiger partial charge in [0.05, 0.1) is 16.7 Å². The summed E-state index contributed by atoms with van der Waals surface area (Å²) in [6.07, 6.45) is 1.70. The lowest BCUT2D eigenvalue weighted by Crippen LogP contribution is -1.70. The van der Waals surface area contributed by atoms with Gasteiger partial charge < -0.3 is 4.42 Å². The standard InChI is InChI=1S/C10H7NOS/c11-5-6-13-10-7-12-9-4-2-1-3-8(9)10/h1-4,7H,6H2. The van der Waals surface area contributed by atoms with Crippen molar-refractivity contribution in [3.05, 3.63) is 30.5 Å². The van der Waals surface area contributed by atoms with Gasteiger partial charge in [0.15, 0.2) is 0 Å². The SMILES string of the molecule is N#CCSc1coc2ccccc12. The summed E-state index contributed by atoms with van der Waals surface area (Å²) in [5.41, 5.74) is 0.878. The Kier molecular flexibility index (Phi) is 2.24. The Morgan fingerprint density at radius 1 is 1.38 bits per heavy atom. The first kappa shape index (κ1) is 8.21. The molecule has 0 N–H and O–H groups in total. The molecule has 0 aliphatic rings. The third kappa shape index (κ3) is 1.53. The molecule has 2 rings (SSSR count). The van der Waals surface area contributed by atoms with Gasteiger partial charge in [-0.3, -0.25) is 0 Å². The van der Waals surface area contributed by atoms with E-state index in [4.69, 9.17) is 9.68 Å². The van der Waals surface area contributed by atoms with E-state index in [1.54, 1.807) is 6.26 Å². The van der Waals surface area contributed by atoms with Gasteiger partial charge in [-0.2, -0.15) is 5.26 Å². The molecule has 0 unspecified atom stereocenters. The fourth-order valence-electron chi connectivity index (χ4n) is 1.18. The van der Waals surface area contributed by atoms with E-state index in [9.17, 15) is 0 Å². The van der Waals surface area contributed by atoms with Crippen LogP contribution in [0.3, 0.4) is 0 Å². The van der Waals surface area contributed by atoms with Crippen molar-refractivity contribution < 1.29 is 4.42 Å². The van der Waals surface area contributed by atoms with Crippen LogP contribution in [0.15, 0.2) is 39.8 Å². The van der Waals surface area contributed by atoms with E-state index < -0.39 is 0 Å². The first-order chi connectivity index (χ1) is 6.42. The van der Waals surface area contributed by atoms with Crippen LogP contribution in [-0.2, 0) is 0 Å². The van der Waals surface area contributed by atoms with Gasteiger partial charge in [0.25, 0.3) is 0 Å². The van der Waals surface area contributed by atoms with Gasteiger partial charge in [-0.1, -0.05) is 12.1 Å². The highest BCUT2D eigenvalue weighted by atomic mass is 32.2. The molecule has 0 saturated carbocycles. The number of benzene rings is 1. The van der Waals surface area contributed by atoms with Crippen molar-refractivity contribution in [3.8, 4) is 6.07 Å². The minimum atomic E-state index is 0.462. The summed E-state index contributed by atoms with van der Waals surface area (Å²) in [5.74, 6) is 0.462. The van der Waals surface area contributed by atoms with Gasteiger partial charge in [-0.05, 0) is 12.1 Å². The Labute approximate surface area is 80.2 Å². The summed E-state index contributed by atoms with van der Waals surface area (Å²) in [6, 6.07) is 9.91. The van der Waals surface area contributed by atoms with E-state index in [2.05, 4.69) is 6.07 Å². The average Bonchev–Trinajstić information content (AvgIpc) is 2.58. The highest BCUT2D eigenvalue weighted by Crippen LogP contribution is 2.29. The van der Waals surface area contributed by atoms with Gasteiger partial charge in [0.2, 0.25) is 0 Å². The van der Waals surface area contributed by atoms with Crippen LogP contribution < -0.4 is 0 Å². The van der Waals surface area contributed by atoms with E-state index in [1.807, 2.05) is 24.3 Å². The van der Waals surface area contributed by atoms with Crippen molar-refractivity contribution in [2.75, 3.05) is 5.75 Å². The minimum absolute atomic E-state index is 0.462. The summed E-state index contributed by atoms with van der Waals surface area (Å²) >= 11 is 1.50. The van der Waals surface area contributed by atoms with Gasteiger partial charge in [0, 0.05) is 5.39 Å². The highest BCUT2D eigenvalue weighted by Gasteiger charge is 2.03. The molecule has 0 bridgehead atoms. The van der Waals surface area contributed by atoms with Gasteiger partial charge >= 0.3 is 0 Å². The second-order valence-electron chi connectivity index (χ2n) is 2.54. The summed E-state index contributed by atoms with van der Waals surface area (Å²) in [4.78, 5) is 1.04. The molecule has 2 nitrogen and oxygen atoms in total. The fraction of sp³-hybridized carbons (Fsp3) is 0.100. The maximum Gasteiger partial charge on any atom is 0.135 e. The Bertz CT molecular complexity index is 455. The zero-order valence-corrected chi connectivity index (χ0v) is 7.67. The molecule has 0 amide bonds. The lowest BCUT2D eigenvalue weighted by Gasteiger charge is -1.90. The van der Waals surface area contributed by atoms with Gasteiger partial charge in [0.1, 0.15) is 11.8 Å². The van der Waals surface area contributed by atoms with Crippen molar-refractivity contribution in [2.45, 2.75) is 4.90 Å². The fourth-order valence-corrected chi connectivity index (χ4v) is 1.84. The van der Waals surface area contributed by atoms with Crippen LogP contribution >= 0.6 is 11.8 Å². The van der Waals surface area contributed by atoms with Crippen molar-refractivity contribution in [3.63, 3.8) is 0 Å². The predicted molar refractivity (Wildman–Crippen MR) is 52.6 cm³/mol.